The van der Waals surface area contributed by atoms with Crippen molar-refractivity contribution in [2.75, 3.05) is 33.4 Å². The van der Waals surface area contributed by atoms with Crippen molar-refractivity contribution >= 4 is 29.1 Å². The van der Waals surface area contributed by atoms with Gasteiger partial charge in [0.25, 0.3) is 5.91 Å². The maximum Gasteiger partial charge on any atom is 0.261 e. The van der Waals surface area contributed by atoms with Crippen molar-refractivity contribution in [2.24, 2.45) is 0 Å². The zero-order chi connectivity index (χ0) is 22.9. The second-order valence-electron chi connectivity index (χ2n) is 7.87. The minimum atomic E-state index is -0.674. The summed E-state index contributed by atoms with van der Waals surface area (Å²) in [5.41, 5.74) is 0.954. The van der Waals surface area contributed by atoms with Crippen molar-refractivity contribution in [1.29, 1.82) is 0 Å². The first-order chi connectivity index (χ1) is 15.4. The van der Waals surface area contributed by atoms with Gasteiger partial charge in [-0.3, -0.25) is 9.69 Å². The van der Waals surface area contributed by atoms with Crippen LogP contribution in [0.25, 0.3) is 0 Å². The van der Waals surface area contributed by atoms with Gasteiger partial charge in [0, 0.05) is 38.4 Å². The lowest BCUT2D eigenvalue weighted by Gasteiger charge is -2.31. The number of hydrogen-bond donors (Lipinski definition) is 1. The summed E-state index contributed by atoms with van der Waals surface area (Å²) in [4.78, 5) is 14.7. The molecular weight excluding hydrogens is 451 g/mol. The molecule has 0 aromatic heterocycles. The number of likely N-dealkylation sites (N-methyl/N-ethyl adjacent to an activating group) is 1. The number of rotatable bonds is 10. The van der Waals surface area contributed by atoms with Gasteiger partial charge in [-0.2, -0.15) is 0 Å². The highest BCUT2D eigenvalue weighted by molar-refractivity contribution is 6.42. The Morgan fingerprint density at radius 1 is 1.16 bits per heavy atom. The predicted molar refractivity (Wildman–Crippen MR) is 127 cm³/mol. The topological polar surface area (TPSA) is 60.0 Å². The zero-order valence-electron chi connectivity index (χ0n) is 18.5. The van der Waals surface area contributed by atoms with Gasteiger partial charge in [0.15, 0.2) is 6.10 Å². The molecule has 0 spiro atoms. The molecule has 1 atom stereocenters. The Morgan fingerprint density at radius 3 is 2.69 bits per heavy atom. The average molecular weight is 481 g/mol. The SMILES string of the molecule is CC(Oc1ccc(Cl)c(Cl)c1)C(=O)NCc1cccc(OCCN(C)C2CCOCC2)c1. The van der Waals surface area contributed by atoms with Crippen LogP contribution in [0.4, 0.5) is 0 Å². The molecule has 1 fully saturated rings. The number of ether oxygens (including phenoxy) is 3. The Morgan fingerprint density at radius 2 is 1.94 bits per heavy atom. The van der Waals surface area contributed by atoms with Crippen LogP contribution in [-0.4, -0.2) is 56.4 Å². The van der Waals surface area contributed by atoms with Crippen LogP contribution in [0.5, 0.6) is 11.5 Å². The highest BCUT2D eigenvalue weighted by Gasteiger charge is 2.18. The van der Waals surface area contributed by atoms with Crippen LogP contribution in [0.1, 0.15) is 25.3 Å². The highest BCUT2D eigenvalue weighted by Crippen LogP contribution is 2.26. The second-order valence-corrected chi connectivity index (χ2v) is 8.69. The van der Waals surface area contributed by atoms with E-state index in [1.165, 1.54) is 0 Å². The van der Waals surface area contributed by atoms with E-state index in [-0.39, 0.29) is 5.91 Å². The molecule has 1 heterocycles. The molecule has 2 aromatic carbocycles. The van der Waals surface area contributed by atoms with Crippen LogP contribution >= 0.6 is 23.2 Å². The van der Waals surface area contributed by atoms with Gasteiger partial charge >= 0.3 is 0 Å². The molecule has 8 heteroatoms. The minimum Gasteiger partial charge on any atom is -0.492 e. The Kier molecular flexibility index (Phi) is 9.48. The molecule has 6 nitrogen and oxygen atoms in total. The quantitative estimate of drug-likeness (QED) is 0.539. The van der Waals surface area contributed by atoms with Gasteiger partial charge in [-0.25, -0.2) is 0 Å². The number of carbonyl (C=O) groups is 1. The fraction of sp³-hybridized carbons (Fsp3) is 0.458. The summed E-state index contributed by atoms with van der Waals surface area (Å²) in [6.07, 6.45) is 1.46. The number of hydrogen-bond acceptors (Lipinski definition) is 5. The van der Waals surface area contributed by atoms with Crippen LogP contribution in [0.3, 0.4) is 0 Å². The molecule has 0 aliphatic carbocycles. The number of nitrogens with zero attached hydrogens (tertiary/aromatic N) is 1. The standard InChI is InChI=1S/C24H30Cl2N2O4/c1-17(32-21-6-7-22(25)23(26)15-21)24(29)27-16-18-4-3-5-20(14-18)31-13-10-28(2)19-8-11-30-12-9-19/h3-7,14-15,17,19H,8-13,16H2,1-2H3,(H,27,29). The molecule has 1 aliphatic heterocycles. The van der Waals surface area contributed by atoms with E-state index in [0.717, 1.165) is 43.9 Å². The van der Waals surface area contributed by atoms with E-state index in [1.54, 1.807) is 25.1 Å². The summed E-state index contributed by atoms with van der Waals surface area (Å²) in [6.45, 7) is 5.20. The summed E-state index contributed by atoms with van der Waals surface area (Å²) < 4.78 is 17.0. The van der Waals surface area contributed by atoms with Crippen molar-refractivity contribution < 1.29 is 19.0 Å². The fourth-order valence-corrected chi connectivity index (χ4v) is 3.79. The van der Waals surface area contributed by atoms with Crippen LogP contribution in [0.15, 0.2) is 42.5 Å². The van der Waals surface area contributed by atoms with Crippen molar-refractivity contribution in [3.05, 3.63) is 58.1 Å². The molecule has 174 valence electrons. The van der Waals surface area contributed by atoms with E-state index in [4.69, 9.17) is 37.4 Å². The lowest BCUT2D eigenvalue weighted by molar-refractivity contribution is -0.127. The minimum absolute atomic E-state index is 0.222. The van der Waals surface area contributed by atoms with Gasteiger partial charge in [0.2, 0.25) is 0 Å². The van der Waals surface area contributed by atoms with Gasteiger partial charge < -0.3 is 19.5 Å². The third kappa shape index (κ3) is 7.55. The van der Waals surface area contributed by atoms with Gasteiger partial charge in [-0.1, -0.05) is 35.3 Å². The van der Waals surface area contributed by atoms with E-state index >= 15 is 0 Å². The zero-order valence-corrected chi connectivity index (χ0v) is 20.0. The first kappa shape index (κ1) is 24.6. The molecule has 2 aromatic rings. The van der Waals surface area contributed by atoms with E-state index in [1.807, 2.05) is 24.3 Å². The molecule has 1 unspecified atom stereocenters. The Labute approximate surface area is 199 Å². The fourth-order valence-electron chi connectivity index (χ4n) is 3.50. The van der Waals surface area contributed by atoms with E-state index in [0.29, 0.717) is 35.0 Å². The highest BCUT2D eigenvalue weighted by atomic mass is 35.5. The largest absolute Gasteiger partial charge is 0.492 e. The van der Waals surface area contributed by atoms with Gasteiger partial charge in [-0.15, -0.1) is 0 Å². The van der Waals surface area contributed by atoms with E-state index in [9.17, 15) is 4.79 Å². The number of carbonyl (C=O) groups excluding carboxylic acids is 1. The van der Waals surface area contributed by atoms with E-state index in [2.05, 4.69) is 17.3 Å². The number of halogens is 2. The van der Waals surface area contributed by atoms with Gasteiger partial charge in [0.05, 0.1) is 10.0 Å². The van der Waals surface area contributed by atoms with E-state index < -0.39 is 6.10 Å². The molecule has 32 heavy (non-hydrogen) atoms. The van der Waals surface area contributed by atoms with Crippen molar-refractivity contribution in [3.8, 4) is 11.5 Å². The Hall–Kier alpha value is -1.99. The van der Waals surface area contributed by atoms with Crippen LogP contribution in [0.2, 0.25) is 10.0 Å². The maximum atomic E-state index is 12.4. The molecule has 1 saturated heterocycles. The summed E-state index contributed by atoms with van der Waals surface area (Å²) >= 11 is 11.9. The molecule has 1 amide bonds. The van der Waals surface area contributed by atoms with Gasteiger partial charge in [-0.05, 0) is 56.6 Å². The first-order valence-electron chi connectivity index (χ1n) is 10.8. The summed E-state index contributed by atoms with van der Waals surface area (Å²) in [5.74, 6) is 1.06. The summed E-state index contributed by atoms with van der Waals surface area (Å²) in [7, 11) is 2.13. The molecule has 0 saturated carbocycles. The lowest BCUT2D eigenvalue weighted by Crippen LogP contribution is -2.38. The van der Waals surface area contributed by atoms with Crippen molar-refractivity contribution in [2.45, 2.75) is 38.5 Å². The Bertz CT molecular complexity index is 890. The number of amides is 1. The Balaban J connectivity index is 1.42. The maximum absolute atomic E-state index is 12.4. The smallest absolute Gasteiger partial charge is 0.261 e. The molecule has 0 radical (unpaired) electrons. The van der Waals surface area contributed by atoms with Crippen molar-refractivity contribution in [1.82, 2.24) is 10.2 Å². The molecule has 1 aliphatic rings. The monoisotopic (exact) mass is 480 g/mol. The van der Waals surface area contributed by atoms with Gasteiger partial charge in [0.1, 0.15) is 18.1 Å². The van der Waals surface area contributed by atoms with Crippen LogP contribution in [0, 0.1) is 0 Å². The number of benzene rings is 2. The third-order valence-corrected chi connectivity index (χ3v) is 6.20. The summed E-state index contributed by atoms with van der Waals surface area (Å²) in [6, 6.07) is 13.2. The second kappa shape index (κ2) is 12.3. The summed E-state index contributed by atoms with van der Waals surface area (Å²) in [5, 5.41) is 3.71. The van der Waals surface area contributed by atoms with Crippen LogP contribution < -0.4 is 14.8 Å². The first-order valence-corrected chi connectivity index (χ1v) is 11.6. The molecule has 1 N–H and O–H groups in total. The number of nitrogens with one attached hydrogen (secondary N) is 1. The molecule has 0 bridgehead atoms. The van der Waals surface area contributed by atoms with Crippen LogP contribution in [-0.2, 0) is 16.1 Å². The molecule has 3 rings (SSSR count). The predicted octanol–water partition coefficient (Wildman–Crippen LogP) is 4.57. The average Bonchev–Trinajstić information content (AvgIpc) is 2.80. The third-order valence-electron chi connectivity index (χ3n) is 5.47. The van der Waals surface area contributed by atoms with Crippen molar-refractivity contribution in [3.63, 3.8) is 0 Å². The lowest BCUT2D eigenvalue weighted by atomic mass is 10.1. The molecular formula is C24H30Cl2N2O4. The normalized spacial score (nSPS) is 15.4.